The number of cyclic esters (lactones) is 1. The second kappa shape index (κ2) is 6.35. The number of carbonyl (C=O) groups is 2. The van der Waals surface area contributed by atoms with Gasteiger partial charge in [0.15, 0.2) is 11.9 Å². The van der Waals surface area contributed by atoms with Crippen LogP contribution in [0.1, 0.15) is 10.4 Å². The number of ether oxygens (including phenoxy) is 3. The number of hydrogen-bond donors (Lipinski definition) is 3. The molecule has 0 aliphatic carbocycles. The first-order valence-corrected chi connectivity index (χ1v) is 6.26. The molecule has 0 bridgehead atoms. The number of rotatable bonds is 5. The van der Waals surface area contributed by atoms with E-state index in [1.54, 1.807) is 12.1 Å². The summed E-state index contributed by atoms with van der Waals surface area (Å²) < 4.78 is 14.4. The summed E-state index contributed by atoms with van der Waals surface area (Å²) in [6, 6.07) is 6.09. The molecule has 0 saturated carbocycles. The summed E-state index contributed by atoms with van der Waals surface area (Å²) in [5, 5.41) is 28.3. The van der Waals surface area contributed by atoms with Gasteiger partial charge in [0.1, 0.15) is 18.5 Å². The largest absolute Gasteiger partial charge is 0.505 e. The van der Waals surface area contributed by atoms with Gasteiger partial charge in [0.2, 0.25) is 5.76 Å². The van der Waals surface area contributed by atoms with Crippen LogP contribution in [0.3, 0.4) is 0 Å². The third kappa shape index (κ3) is 3.12. The van der Waals surface area contributed by atoms with E-state index in [0.29, 0.717) is 5.75 Å². The van der Waals surface area contributed by atoms with Crippen LogP contribution in [0, 0.1) is 0 Å². The maximum atomic E-state index is 11.8. The first-order valence-electron chi connectivity index (χ1n) is 6.26. The van der Waals surface area contributed by atoms with Crippen LogP contribution in [-0.2, 0) is 14.3 Å². The lowest BCUT2D eigenvalue weighted by molar-refractivity contribution is -0.147. The minimum Gasteiger partial charge on any atom is -0.505 e. The Labute approximate surface area is 125 Å². The van der Waals surface area contributed by atoms with E-state index in [1.165, 1.54) is 19.2 Å². The molecule has 1 heterocycles. The molecule has 1 aromatic rings. The standard InChI is InChI=1S/C14H14O8/c1-20-8-4-2-7(3-5-8)13(18)21-6-9(15)12-10(16)11(17)14(19)22-12/h2-5,9,12,15-17H,6H2,1H3/t9-,12-/m1/s1. The van der Waals surface area contributed by atoms with Gasteiger partial charge in [-0.1, -0.05) is 0 Å². The molecule has 0 spiro atoms. The van der Waals surface area contributed by atoms with Crippen molar-refractivity contribution in [1.82, 2.24) is 0 Å². The number of hydrogen-bond acceptors (Lipinski definition) is 8. The first-order chi connectivity index (χ1) is 10.4. The third-order valence-electron chi connectivity index (χ3n) is 3.00. The normalized spacial score (nSPS) is 18.8. The van der Waals surface area contributed by atoms with Crippen LogP contribution in [0.15, 0.2) is 35.8 Å². The molecule has 22 heavy (non-hydrogen) atoms. The van der Waals surface area contributed by atoms with Crippen molar-refractivity contribution in [2.24, 2.45) is 0 Å². The lowest BCUT2D eigenvalue weighted by Gasteiger charge is -2.17. The number of methoxy groups -OCH3 is 1. The third-order valence-corrected chi connectivity index (χ3v) is 3.00. The fourth-order valence-corrected chi connectivity index (χ4v) is 1.79. The molecule has 0 saturated heterocycles. The zero-order valence-electron chi connectivity index (χ0n) is 11.6. The molecule has 1 aliphatic rings. The molecule has 8 nitrogen and oxygen atoms in total. The van der Waals surface area contributed by atoms with E-state index >= 15 is 0 Å². The van der Waals surface area contributed by atoms with Crippen molar-refractivity contribution in [1.29, 1.82) is 0 Å². The Hall–Kier alpha value is -2.74. The van der Waals surface area contributed by atoms with Crippen LogP contribution in [0.2, 0.25) is 0 Å². The fourth-order valence-electron chi connectivity index (χ4n) is 1.79. The topological polar surface area (TPSA) is 123 Å². The van der Waals surface area contributed by atoms with E-state index in [1.807, 2.05) is 0 Å². The predicted molar refractivity (Wildman–Crippen MR) is 71.4 cm³/mol. The van der Waals surface area contributed by atoms with Gasteiger partial charge in [0.25, 0.3) is 0 Å². The average Bonchev–Trinajstić information content (AvgIpc) is 2.80. The Kier molecular flexibility index (Phi) is 4.52. The molecule has 2 atom stereocenters. The van der Waals surface area contributed by atoms with Gasteiger partial charge >= 0.3 is 11.9 Å². The molecule has 1 aromatic carbocycles. The minimum atomic E-state index is -1.50. The molecule has 0 amide bonds. The maximum absolute atomic E-state index is 11.8. The van der Waals surface area contributed by atoms with Crippen LogP contribution >= 0.6 is 0 Å². The Bertz CT molecular complexity index is 604. The smallest absolute Gasteiger partial charge is 0.377 e. The van der Waals surface area contributed by atoms with Crippen molar-refractivity contribution in [3.8, 4) is 5.75 Å². The highest BCUT2D eigenvalue weighted by atomic mass is 16.6. The van der Waals surface area contributed by atoms with Crippen LogP contribution < -0.4 is 4.74 Å². The van der Waals surface area contributed by atoms with E-state index < -0.39 is 42.3 Å². The molecule has 0 fully saturated rings. The van der Waals surface area contributed by atoms with Crippen molar-refractivity contribution in [2.75, 3.05) is 13.7 Å². The Morgan fingerprint density at radius 1 is 1.32 bits per heavy atom. The molecule has 0 radical (unpaired) electrons. The Morgan fingerprint density at radius 3 is 2.45 bits per heavy atom. The minimum absolute atomic E-state index is 0.235. The van der Waals surface area contributed by atoms with Gasteiger partial charge in [0.05, 0.1) is 12.7 Å². The highest BCUT2D eigenvalue weighted by Gasteiger charge is 2.39. The lowest BCUT2D eigenvalue weighted by Crippen LogP contribution is -2.33. The van der Waals surface area contributed by atoms with E-state index in [4.69, 9.17) is 14.6 Å². The van der Waals surface area contributed by atoms with Gasteiger partial charge in [-0.25, -0.2) is 9.59 Å². The number of carbonyl (C=O) groups excluding carboxylic acids is 2. The van der Waals surface area contributed by atoms with Crippen molar-refractivity contribution in [2.45, 2.75) is 12.2 Å². The van der Waals surface area contributed by atoms with Gasteiger partial charge in [-0.15, -0.1) is 0 Å². The van der Waals surface area contributed by atoms with Crippen molar-refractivity contribution in [3.63, 3.8) is 0 Å². The van der Waals surface area contributed by atoms with Crippen LogP contribution in [0.25, 0.3) is 0 Å². The van der Waals surface area contributed by atoms with Crippen LogP contribution in [0.4, 0.5) is 0 Å². The summed E-state index contributed by atoms with van der Waals surface area (Å²) in [7, 11) is 1.49. The summed E-state index contributed by atoms with van der Waals surface area (Å²) in [4.78, 5) is 22.8. The van der Waals surface area contributed by atoms with Gasteiger partial charge in [-0.05, 0) is 24.3 Å². The Balaban J connectivity index is 1.92. The molecule has 8 heteroatoms. The highest BCUT2D eigenvalue weighted by molar-refractivity contribution is 5.90. The molecule has 2 rings (SSSR count). The zero-order chi connectivity index (χ0) is 16.3. The van der Waals surface area contributed by atoms with Gasteiger partial charge in [-0.2, -0.15) is 0 Å². The second-order valence-corrected chi connectivity index (χ2v) is 4.45. The summed E-state index contributed by atoms with van der Waals surface area (Å²) >= 11 is 0. The van der Waals surface area contributed by atoms with Gasteiger partial charge in [0, 0.05) is 0 Å². The van der Waals surface area contributed by atoms with E-state index in [0.717, 1.165) is 0 Å². The van der Waals surface area contributed by atoms with Gasteiger partial charge in [-0.3, -0.25) is 0 Å². The van der Waals surface area contributed by atoms with Crippen LogP contribution in [-0.4, -0.2) is 53.2 Å². The van der Waals surface area contributed by atoms with Crippen molar-refractivity contribution < 1.29 is 39.1 Å². The molecular weight excluding hydrogens is 296 g/mol. The number of esters is 2. The summed E-state index contributed by atoms with van der Waals surface area (Å²) in [5.74, 6) is -3.05. The molecule has 0 aromatic heterocycles. The number of aliphatic hydroxyl groups excluding tert-OH is 3. The SMILES string of the molecule is COc1ccc(C(=O)OC[C@@H](O)[C@H]2OC(=O)C(O)=C2O)cc1. The van der Waals surface area contributed by atoms with Crippen molar-refractivity contribution in [3.05, 3.63) is 41.3 Å². The second-order valence-electron chi connectivity index (χ2n) is 4.45. The van der Waals surface area contributed by atoms with Crippen LogP contribution in [0.5, 0.6) is 5.75 Å². The molecular formula is C14H14O8. The molecule has 0 unspecified atom stereocenters. The number of benzene rings is 1. The summed E-state index contributed by atoms with van der Waals surface area (Å²) in [5.41, 5.74) is 0.235. The number of aliphatic hydroxyl groups is 3. The fraction of sp³-hybridized carbons (Fsp3) is 0.286. The van der Waals surface area contributed by atoms with E-state index in [-0.39, 0.29) is 5.56 Å². The zero-order valence-corrected chi connectivity index (χ0v) is 11.6. The van der Waals surface area contributed by atoms with E-state index in [2.05, 4.69) is 4.74 Å². The van der Waals surface area contributed by atoms with E-state index in [9.17, 15) is 19.8 Å². The Morgan fingerprint density at radius 2 is 1.95 bits per heavy atom. The lowest BCUT2D eigenvalue weighted by atomic mass is 10.2. The molecule has 118 valence electrons. The van der Waals surface area contributed by atoms with Crippen molar-refractivity contribution >= 4 is 11.9 Å². The molecule has 3 N–H and O–H groups in total. The summed E-state index contributed by atoms with van der Waals surface area (Å²) in [6.45, 7) is -0.528. The highest BCUT2D eigenvalue weighted by Crippen LogP contribution is 2.21. The molecule has 1 aliphatic heterocycles. The maximum Gasteiger partial charge on any atom is 0.377 e. The monoisotopic (exact) mass is 310 g/mol. The predicted octanol–water partition coefficient (Wildman–Crippen LogP) is 0.466. The van der Waals surface area contributed by atoms with Gasteiger partial charge < -0.3 is 29.5 Å². The summed E-state index contributed by atoms with van der Waals surface area (Å²) in [6.07, 6.45) is -2.97. The average molecular weight is 310 g/mol. The quantitative estimate of drug-likeness (QED) is 0.671. The first kappa shape index (κ1) is 15.6.